The highest BCUT2D eigenvalue weighted by Gasteiger charge is 2.08. The van der Waals surface area contributed by atoms with Crippen molar-refractivity contribution in [3.05, 3.63) is 34.9 Å². The molecule has 0 radical (unpaired) electrons. The van der Waals surface area contributed by atoms with E-state index in [1.807, 2.05) is 12.1 Å². The molecular formula is C12H17ClN2. The molecule has 0 aliphatic carbocycles. The third kappa shape index (κ3) is 3.49. The van der Waals surface area contributed by atoms with Crippen LogP contribution in [0.15, 0.2) is 24.3 Å². The molecule has 1 aliphatic heterocycles. The van der Waals surface area contributed by atoms with Crippen LogP contribution in [0.3, 0.4) is 0 Å². The van der Waals surface area contributed by atoms with Crippen molar-refractivity contribution >= 4 is 11.6 Å². The van der Waals surface area contributed by atoms with Crippen LogP contribution >= 0.6 is 11.6 Å². The molecule has 15 heavy (non-hydrogen) atoms. The number of nitrogens with zero attached hydrogens (tertiary/aromatic N) is 1. The van der Waals surface area contributed by atoms with Crippen molar-refractivity contribution in [2.45, 2.75) is 13.0 Å². The first-order valence-corrected chi connectivity index (χ1v) is 5.90. The maximum absolute atomic E-state index is 5.96. The third-order valence-electron chi connectivity index (χ3n) is 2.73. The van der Waals surface area contributed by atoms with Crippen LogP contribution in [0.25, 0.3) is 0 Å². The summed E-state index contributed by atoms with van der Waals surface area (Å²) in [4.78, 5) is 2.48. The van der Waals surface area contributed by atoms with Crippen molar-refractivity contribution in [1.82, 2.24) is 10.2 Å². The highest BCUT2D eigenvalue weighted by Crippen LogP contribution is 2.13. The van der Waals surface area contributed by atoms with Crippen LogP contribution < -0.4 is 5.32 Å². The van der Waals surface area contributed by atoms with E-state index in [2.05, 4.69) is 22.3 Å². The average molecular weight is 225 g/mol. The molecule has 1 saturated heterocycles. The highest BCUT2D eigenvalue weighted by molar-refractivity contribution is 6.30. The van der Waals surface area contributed by atoms with Crippen molar-refractivity contribution in [2.75, 3.05) is 26.2 Å². The molecule has 1 heterocycles. The summed E-state index contributed by atoms with van der Waals surface area (Å²) in [5.41, 5.74) is 1.31. The van der Waals surface area contributed by atoms with Gasteiger partial charge in [-0.05, 0) is 37.2 Å². The molecule has 1 aliphatic rings. The normalized spacial score (nSPS) is 18.7. The lowest BCUT2D eigenvalue weighted by Gasteiger charge is -2.19. The second-order valence-electron chi connectivity index (χ2n) is 4.01. The number of hydrogen-bond donors (Lipinski definition) is 1. The second-order valence-corrected chi connectivity index (χ2v) is 4.45. The van der Waals surface area contributed by atoms with Gasteiger partial charge in [-0.1, -0.05) is 23.7 Å². The van der Waals surface area contributed by atoms with E-state index in [0.29, 0.717) is 0 Å². The number of benzene rings is 1. The minimum atomic E-state index is 0.834. The molecule has 0 saturated carbocycles. The first-order chi connectivity index (χ1) is 7.34. The zero-order valence-electron chi connectivity index (χ0n) is 8.88. The van der Waals surface area contributed by atoms with E-state index >= 15 is 0 Å². The lowest BCUT2D eigenvalue weighted by atomic mass is 10.2. The van der Waals surface area contributed by atoms with E-state index in [1.165, 1.54) is 18.5 Å². The van der Waals surface area contributed by atoms with E-state index in [4.69, 9.17) is 11.6 Å². The van der Waals surface area contributed by atoms with Crippen LogP contribution in [0.1, 0.15) is 12.0 Å². The molecule has 82 valence electrons. The summed E-state index contributed by atoms with van der Waals surface area (Å²) in [5, 5.41) is 4.24. The van der Waals surface area contributed by atoms with E-state index < -0.39 is 0 Å². The largest absolute Gasteiger partial charge is 0.315 e. The molecule has 3 heteroatoms. The topological polar surface area (TPSA) is 15.3 Å². The fourth-order valence-corrected chi connectivity index (χ4v) is 2.17. The first-order valence-electron chi connectivity index (χ1n) is 5.52. The fourth-order valence-electron chi connectivity index (χ4n) is 1.95. The summed E-state index contributed by atoms with van der Waals surface area (Å²) < 4.78 is 0. The average Bonchev–Trinajstić information content (AvgIpc) is 2.46. The van der Waals surface area contributed by atoms with Gasteiger partial charge in [-0.2, -0.15) is 0 Å². The van der Waals surface area contributed by atoms with Gasteiger partial charge in [-0.25, -0.2) is 0 Å². The summed E-state index contributed by atoms with van der Waals surface area (Å²) in [6.07, 6.45) is 1.24. The van der Waals surface area contributed by atoms with E-state index in [1.54, 1.807) is 0 Å². The maximum Gasteiger partial charge on any atom is 0.0409 e. The number of halogens is 1. The molecule has 0 spiro atoms. The molecule has 2 nitrogen and oxygen atoms in total. The van der Waals surface area contributed by atoms with Gasteiger partial charge in [0.05, 0.1) is 0 Å². The standard InChI is InChI=1S/C12H17ClN2/c13-12-4-1-3-11(9-12)10-15-7-2-5-14-6-8-15/h1,3-4,9,14H,2,5-8,10H2. The monoisotopic (exact) mass is 224 g/mol. The predicted molar refractivity (Wildman–Crippen MR) is 64.2 cm³/mol. The summed E-state index contributed by atoms with van der Waals surface area (Å²) in [6, 6.07) is 8.15. The Morgan fingerprint density at radius 2 is 2.20 bits per heavy atom. The Balaban J connectivity index is 1.95. The summed E-state index contributed by atoms with van der Waals surface area (Å²) in [6.45, 7) is 5.57. The Morgan fingerprint density at radius 3 is 3.07 bits per heavy atom. The van der Waals surface area contributed by atoms with Crippen LogP contribution in [-0.2, 0) is 6.54 Å². The van der Waals surface area contributed by atoms with Crippen LogP contribution in [0.5, 0.6) is 0 Å². The Bertz CT molecular complexity index is 306. The zero-order valence-corrected chi connectivity index (χ0v) is 9.63. The van der Waals surface area contributed by atoms with Gasteiger partial charge in [-0.3, -0.25) is 4.90 Å². The molecule has 0 bridgehead atoms. The minimum absolute atomic E-state index is 0.834. The SMILES string of the molecule is Clc1cccc(CN2CCCNCC2)c1. The zero-order chi connectivity index (χ0) is 10.5. The van der Waals surface area contributed by atoms with Crippen LogP contribution in [0.4, 0.5) is 0 Å². The molecule has 0 aromatic heterocycles. The first kappa shape index (κ1) is 10.9. The second kappa shape index (κ2) is 5.50. The third-order valence-corrected chi connectivity index (χ3v) is 2.96. The van der Waals surface area contributed by atoms with Gasteiger partial charge in [0, 0.05) is 24.7 Å². The predicted octanol–water partition coefficient (Wildman–Crippen LogP) is 2.14. The molecule has 1 fully saturated rings. The van der Waals surface area contributed by atoms with E-state index in [0.717, 1.165) is 31.2 Å². The van der Waals surface area contributed by atoms with Crippen molar-refractivity contribution < 1.29 is 0 Å². The minimum Gasteiger partial charge on any atom is -0.315 e. The van der Waals surface area contributed by atoms with Gasteiger partial charge < -0.3 is 5.32 Å². The van der Waals surface area contributed by atoms with Gasteiger partial charge in [0.1, 0.15) is 0 Å². The quantitative estimate of drug-likeness (QED) is 0.828. The smallest absolute Gasteiger partial charge is 0.0409 e. The summed E-state index contributed by atoms with van der Waals surface area (Å²) in [5.74, 6) is 0. The summed E-state index contributed by atoms with van der Waals surface area (Å²) in [7, 11) is 0. The number of rotatable bonds is 2. The molecule has 1 N–H and O–H groups in total. The Morgan fingerprint density at radius 1 is 1.27 bits per heavy atom. The van der Waals surface area contributed by atoms with Gasteiger partial charge in [0.25, 0.3) is 0 Å². The van der Waals surface area contributed by atoms with E-state index in [9.17, 15) is 0 Å². The lowest BCUT2D eigenvalue weighted by molar-refractivity contribution is 0.284. The van der Waals surface area contributed by atoms with Crippen LogP contribution in [0, 0.1) is 0 Å². The lowest BCUT2D eigenvalue weighted by Crippen LogP contribution is -2.27. The Hall–Kier alpha value is -0.570. The van der Waals surface area contributed by atoms with Crippen molar-refractivity contribution in [1.29, 1.82) is 0 Å². The van der Waals surface area contributed by atoms with Crippen LogP contribution in [0.2, 0.25) is 5.02 Å². The van der Waals surface area contributed by atoms with Crippen molar-refractivity contribution in [3.8, 4) is 0 Å². The molecule has 1 aromatic carbocycles. The summed E-state index contributed by atoms with van der Waals surface area (Å²) >= 11 is 5.96. The fraction of sp³-hybridized carbons (Fsp3) is 0.500. The van der Waals surface area contributed by atoms with Crippen molar-refractivity contribution in [3.63, 3.8) is 0 Å². The van der Waals surface area contributed by atoms with Gasteiger partial charge >= 0.3 is 0 Å². The van der Waals surface area contributed by atoms with Gasteiger partial charge in [-0.15, -0.1) is 0 Å². The number of nitrogens with one attached hydrogen (secondary N) is 1. The molecule has 0 unspecified atom stereocenters. The molecule has 0 atom stereocenters. The van der Waals surface area contributed by atoms with Crippen LogP contribution in [-0.4, -0.2) is 31.1 Å². The Labute approximate surface area is 96.2 Å². The molecule has 2 rings (SSSR count). The molecule has 1 aromatic rings. The van der Waals surface area contributed by atoms with Gasteiger partial charge in [0.2, 0.25) is 0 Å². The molecule has 0 amide bonds. The van der Waals surface area contributed by atoms with E-state index in [-0.39, 0.29) is 0 Å². The van der Waals surface area contributed by atoms with Gasteiger partial charge in [0.15, 0.2) is 0 Å². The highest BCUT2D eigenvalue weighted by atomic mass is 35.5. The maximum atomic E-state index is 5.96. The number of hydrogen-bond acceptors (Lipinski definition) is 2. The Kier molecular flexibility index (Phi) is 4.01. The van der Waals surface area contributed by atoms with Crippen molar-refractivity contribution in [2.24, 2.45) is 0 Å². The molecular weight excluding hydrogens is 208 g/mol.